The van der Waals surface area contributed by atoms with Gasteiger partial charge in [-0.3, -0.25) is 9.59 Å². The minimum absolute atomic E-state index is 0.00146. The summed E-state index contributed by atoms with van der Waals surface area (Å²) in [5.74, 6) is -1.35. The Labute approximate surface area is 255 Å². The summed E-state index contributed by atoms with van der Waals surface area (Å²) in [5, 5.41) is 33.0. The van der Waals surface area contributed by atoms with Gasteiger partial charge in [-0.05, 0) is 66.9 Å². The number of aliphatic hydroxyl groups is 1. The normalized spacial score (nSPS) is 14.5. The monoisotopic (exact) mass is 615 g/mol. The maximum Gasteiger partial charge on any atom is 0.269 e. The van der Waals surface area contributed by atoms with E-state index >= 15 is 0 Å². The summed E-state index contributed by atoms with van der Waals surface area (Å²) >= 11 is 0. The van der Waals surface area contributed by atoms with Crippen LogP contribution in [-0.2, 0) is 21.2 Å². The van der Waals surface area contributed by atoms with Gasteiger partial charge < -0.3 is 25.5 Å². The van der Waals surface area contributed by atoms with Gasteiger partial charge in [-0.25, -0.2) is 12.7 Å². The molecule has 1 saturated heterocycles. The van der Waals surface area contributed by atoms with Crippen molar-refractivity contribution >= 4 is 33.2 Å². The van der Waals surface area contributed by atoms with E-state index in [4.69, 9.17) is 0 Å². The minimum Gasteiger partial charge on any atom is -0.508 e. The van der Waals surface area contributed by atoms with Gasteiger partial charge >= 0.3 is 0 Å². The van der Waals surface area contributed by atoms with E-state index < -0.39 is 28.1 Å². The SMILES string of the molecule is O=C(NC(Cc1ccc(O)cc1)C(=O)N1CCC(O)CC1)c1ccccc1S(=O)(=O)N(c1ccccc1)c1ccccc1O. The molecule has 4 N–H and O–H groups in total. The molecule has 1 aliphatic heterocycles. The van der Waals surface area contributed by atoms with Gasteiger partial charge in [-0.1, -0.05) is 54.6 Å². The first-order valence-electron chi connectivity index (χ1n) is 14.2. The van der Waals surface area contributed by atoms with Crippen molar-refractivity contribution in [1.82, 2.24) is 10.2 Å². The van der Waals surface area contributed by atoms with Crippen LogP contribution < -0.4 is 9.62 Å². The number of amides is 2. The van der Waals surface area contributed by atoms with Gasteiger partial charge in [0.1, 0.15) is 22.4 Å². The Bertz CT molecular complexity index is 1720. The maximum atomic E-state index is 14.3. The zero-order valence-corrected chi connectivity index (χ0v) is 24.6. The van der Waals surface area contributed by atoms with Crippen LogP contribution in [0.3, 0.4) is 0 Å². The number of phenolic OH excluding ortho intramolecular Hbond substituents is 2. The Kier molecular flexibility index (Phi) is 9.17. The van der Waals surface area contributed by atoms with Crippen molar-refractivity contribution in [2.75, 3.05) is 17.4 Å². The molecule has 1 fully saturated rings. The molecule has 44 heavy (non-hydrogen) atoms. The maximum absolute atomic E-state index is 14.3. The second-order valence-corrected chi connectivity index (χ2v) is 12.3. The molecule has 228 valence electrons. The molecule has 2 amide bonds. The molecule has 4 aromatic rings. The number of piperidine rings is 1. The topological polar surface area (TPSA) is 147 Å². The predicted molar refractivity (Wildman–Crippen MR) is 165 cm³/mol. The third-order valence-electron chi connectivity index (χ3n) is 7.50. The minimum atomic E-state index is -4.49. The molecule has 10 nitrogen and oxygen atoms in total. The first-order chi connectivity index (χ1) is 21.1. The van der Waals surface area contributed by atoms with E-state index in [9.17, 15) is 33.3 Å². The van der Waals surface area contributed by atoms with Crippen LogP contribution in [0.2, 0.25) is 0 Å². The van der Waals surface area contributed by atoms with Crippen LogP contribution in [0.1, 0.15) is 28.8 Å². The van der Waals surface area contributed by atoms with Crippen molar-refractivity contribution in [3.8, 4) is 11.5 Å². The highest BCUT2D eigenvalue weighted by Gasteiger charge is 2.34. The zero-order valence-electron chi connectivity index (χ0n) is 23.8. The standard InChI is InChI=1S/C33H33N3O7S/c37-25-16-14-23(15-17-25)22-28(33(41)35-20-18-26(38)19-21-35)34-32(40)27-10-4-7-13-31(27)44(42,43)36(24-8-2-1-3-9-24)29-11-5-6-12-30(29)39/h1-17,26,28,37-39H,18-22H2,(H,34,40). The van der Waals surface area contributed by atoms with Crippen molar-refractivity contribution < 1.29 is 33.3 Å². The number of carbonyl (C=O) groups excluding carboxylic acids is 2. The first kappa shape index (κ1) is 30.6. The van der Waals surface area contributed by atoms with E-state index in [0.29, 0.717) is 31.5 Å². The lowest BCUT2D eigenvalue weighted by Crippen LogP contribution is -2.52. The molecule has 0 saturated carbocycles. The molecule has 0 aromatic heterocycles. The summed E-state index contributed by atoms with van der Waals surface area (Å²) < 4.78 is 29.7. The van der Waals surface area contributed by atoms with E-state index in [1.54, 1.807) is 59.5 Å². The number of carbonyl (C=O) groups is 2. The van der Waals surface area contributed by atoms with E-state index in [1.165, 1.54) is 48.5 Å². The molecular formula is C33H33N3O7S. The van der Waals surface area contributed by atoms with Gasteiger partial charge in [-0.2, -0.15) is 0 Å². The zero-order chi connectivity index (χ0) is 31.3. The van der Waals surface area contributed by atoms with Crippen LogP contribution >= 0.6 is 0 Å². The molecule has 11 heteroatoms. The van der Waals surface area contributed by atoms with Crippen LogP contribution in [0.15, 0.2) is 108 Å². The molecule has 0 aliphatic carbocycles. The number of nitrogens with one attached hydrogen (secondary N) is 1. The van der Waals surface area contributed by atoms with Gasteiger partial charge in [0.15, 0.2) is 0 Å². The first-order valence-corrected chi connectivity index (χ1v) is 15.6. The Morgan fingerprint density at radius 2 is 1.45 bits per heavy atom. The number of hydrogen-bond donors (Lipinski definition) is 4. The second kappa shape index (κ2) is 13.2. The summed E-state index contributed by atoms with van der Waals surface area (Å²) in [6.45, 7) is 0.638. The number of aromatic hydroxyl groups is 2. The van der Waals surface area contributed by atoms with Crippen LogP contribution in [0.25, 0.3) is 0 Å². The number of nitrogens with zero attached hydrogens (tertiary/aromatic N) is 2. The van der Waals surface area contributed by atoms with E-state index in [1.807, 2.05) is 0 Å². The lowest BCUT2D eigenvalue weighted by molar-refractivity contribution is -0.135. The predicted octanol–water partition coefficient (Wildman–Crippen LogP) is 3.95. The van der Waals surface area contributed by atoms with E-state index in [2.05, 4.69) is 5.32 Å². The fraction of sp³-hybridized carbons (Fsp3) is 0.212. The lowest BCUT2D eigenvalue weighted by atomic mass is 10.0. The number of rotatable bonds is 9. The van der Waals surface area contributed by atoms with Crippen molar-refractivity contribution in [2.24, 2.45) is 0 Å². The Morgan fingerprint density at radius 3 is 2.14 bits per heavy atom. The third-order valence-corrected chi connectivity index (χ3v) is 9.30. The Hall–Kier alpha value is -4.87. The van der Waals surface area contributed by atoms with E-state index in [0.717, 1.165) is 4.31 Å². The van der Waals surface area contributed by atoms with Crippen LogP contribution in [0, 0.1) is 0 Å². The highest BCUT2D eigenvalue weighted by molar-refractivity contribution is 7.93. The fourth-order valence-electron chi connectivity index (χ4n) is 5.19. The van der Waals surface area contributed by atoms with Crippen molar-refractivity contribution in [1.29, 1.82) is 0 Å². The molecule has 4 aromatic carbocycles. The van der Waals surface area contributed by atoms with Gasteiger partial charge in [0.05, 0.1) is 23.0 Å². The van der Waals surface area contributed by atoms with Crippen LogP contribution in [0.5, 0.6) is 11.5 Å². The number of sulfonamides is 1. The summed E-state index contributed by atoms with van der Waals surface area (Å²) in [6, 6.07) is 25.1. The number of benzene rings is 4. The molecule has 0 bridgehead atoms. The number of anilines is 2. The molecule has 0 spiro atoms. The number of phenols is 2. The molecule has 0 radical (unpaired) electrons. The molecule has 1 heterocycles. The average molecular weight is 616 g/mol. The highest BCUT2D eigenvalue weighted by atomic mass is 32.2. The highest BCUT2D eigenvalue weighted by Crippen LogP contribution is 2.38. The number of hydrogen-bond acceptors (Lipinski definition) is 7. The second-order valence-electron chi connectivity index (χ2n) is 10.5. The van der Waals surface area contributed by atoms with Gasteiger partial charge in [0.2, 0.25) is 5.91 Å². The van der Waals surface area contributed by atoms with E-state index in [-0.39, 0.29) is 45.7 Å². The average Bonchev–Trinajstić information content (AvgIpc) is 3.03. The van der Waals surface area contributed by atoms with Crippen molar-refractivity contribution in [3.63, 3.8) is 0 Å². The quantitative estimate of drug-likeness (QED) is 0.223. The van der Waals surface area contributed by atoms with Crippen molar-refractivity contribution in [2.45, 2.75) is 36.3 Å². The van der Waals surface area contributed by atoms with Crippen molar-refractivity contribution in [3.05, 3.63) is 114 Å². The number of para-hydroxylation sites is 3. The lowest BCUT2D eigenvalue weighted by Gasteiger charge is -2.33. The summed E-state index contributed by atoms with van der Waals surface area (Å²) in [7, 11) is -4.49. The third kappa shape index (κ3) is 6.69. The number of likely N-dealkylation sites (tertiary alicyclic amines) is 1. The Balaban J connectivity index is 1.51. The fourth-order valence-corrected chi connectivity index (χ4v) is 6.89. The van der Waals surface area contributed by atoms with Gasteiger partial charge in [-0.15, -0.1) is 0 Å². The molecule has 1 unspecified atom stereocenters. The molecular weight excluding hydrogens is 582 g/mol. The van der Waals surface area contributed by atoms with Crippen LogP contribution in [0.4, 0.5) is 11.4 Å². The van der Waals surface area contributed by atoms with Gasteiger partial charge in [0.25, 0.3) is 15.9 Å². The molecule has 5 rings (SSSR count). The summed E-state index contributed by atoms with van der Waals surface area (Å²) in [6.07, 6.45) is 0.410. The van der Waals surface area contributed by atoms with Gasteiger partial charge in [0, 0.05) is 19.5 Å². The summed E-state index contributed by atoms with van der Waals surface area (Å²) in [5.41, 5.74) is 0.745. The molecule has 1 aliphatic rings. The molecule has 1 atom stereocenters. The largest absolute Gasteiger partial charge is 0.508 e. The smallest absolute Gasteiger partial charge is 0.269 e. The Morgan fingerprint density at radius 1 is 0.841 bits per heavy atom. The number of aliphatic hydroxyl groups excluding tert-OH is 1. The summed E-state index contributed by atoms with van der Waals surface area (Å²) in [4.78, 5) is 28.8. The van der Waals surface area contributed by atoms with Crippen LogP contribution in [-0.4, -0.2) is 65.7 Å².